The van der Waals surface area contributed by atoms with Gasteiger partial charge >= 0.3 is 0 Å². The normalized spacial score (nSPS) is 23.4. The van der Waals surface area contributed by atoms with Gasteiger partial charge < -0.3 is 19.3 Å². The predicted octanol–water partition coefficient (Wildman–Crippen LogP) is 3.96. The number of hydrogen-bond donors (Lipinski definition) is 1. The first-order valence-corrected chi connectivity index (χ1v) is 9.79. The first kappa shape index (κ1) is 20.0. The third kappa shape index (κ3) is 6.15. The molecule has 0 unspecified atom stereocenters. The highest BCUT2D eigenvalue weighted by Gasteiger charge is 2.38. The molecule has 1 fully saturated rings. The molecule has 1 heterocycles. The second kappa shape index (κ2) is 10.6. The Balaban J connectivity index is 1.45. The lowest BCUT2D eigenvalue weighted by Crippen LogP contribution is -2.32. The zero-order chi connectivity index (χ0) is 18.9. The molecule has 27 heavy (non-hydrogen) atoms. The average Bonchev–Trinajstić information content (AvgIpc) is 3.14. The van der Waals surface area contributed by atoms with Crippen molar-refractivity contribution in [2.75, 3.05) is 13.2 Å². The number of benzene rings is 2. The fraction of sp³-hybridized carbons (Fsp3) is 0.478. The van der Waals surface area contributed by atoms with Crippen LogP contribution >= 0.6 is 0 Å². The second-order valence-electron chi connectivity index (χ2n) is 7.28. The summed E-state index contributed by atoms with van der Waals surface area (Å²) >= 11 is 0. The van der Waals surface area contributed by atoms with E-state index in [0.717, 1.165) is 18.4 Å². The molecular weight excluding hydrogens is 340 g/mol. The lowest BCUT2D eigenvalue weighted by Gasteiger charge is -2.23. The molecule has 1 saturated heterocycles. The van der Waals surface area contributed by atoms with Gasteiger partial charge in [-0.15, -0.1) is 0 Å². The van der Waals surface area contributed by atoms with Gasteiger partial charge in [0.05, 0.1) is 31.5 Å². The third-order valence-electron chi connectivity index (χ3n) is 5.06. The molecule has 2 aromatic rings. The Morgan fingerprint density at radius 3 is 2.26 bits per heavy atom. The van der Waals surface area contributed by atoms with E-state index in [0.29, 0.717) is 19.8 Å². The summed E-state index contributed by atoms with van der Waals surface area (Å²) in [6, 6.07) is 20.4. The average molecular weight is 370 g/mol. The van der Waals surface area contributed by atoms with Gasteiger partial charge in [0.2, 0.25) is 0 Å². The molecule has 4 nitrogen and oxygen atoms in total. The van der Waals surface area contributed by atoms with Crippen LogP contribution in [0.25, 0.3) is 0 Å². The zero-order valence-electron chi connectivity index (χ0n) is 16.0. The molecule has 1 aliphatic heterocycles. The Hall–Kier alpha value is -1.72. The van der Waals surface area contributed by atoms with Crippen molar-refractivity contribution < 1.29 is 19.3 Å². The lowest BCUT2D eigenvalue weighted by molar-refractivity contribution is -0.0664. The largest absolute Gasteiger partial charge is 0.396 e. The van der Waals surface area contributed by atoms with Gasteiger partial charge in [0, 0.05) is 25.6 Å². The van der Waals surface area contributed by atoms with Crippen molar-refractivity contribution in [1.29, 1.82) is 0 Å². The SMILES string of the molecule is C[C@@H](CO)[C@H]1O[C@@H](CCOCc2ccccc2)C[C@@H]1OCc1ccccc1. The van der Waals surface area contributed by atoms with Gasteiger partial charge in [-0.2, -0.15) is 0 Å². The van der Waals surface area contributed by atoms with E-state index in [2.05, 4.69) is 24.3 Å². The molecule has 1 aliphatic rings. The molecule has 0 radical (unpaired) electrons. The van der Waals surface area contributed by atoms with Gasteiger partial charge in [-0.1, -0.05) is 67.6 Å². The van der Waals surface area contributed by atoms with Crippen molar-refractivity contribution in [2.24, 2.45) is 5.92 Å². The van der Waals surface area contributed by atoms with Crippen molar-refractivity contribution in [1.82, 2.24) is 0 Å². The summed E-state index contributed by atoms with van der Waals surface area (Å²) in [5.41, 5.74) is 2.34. The van der Waals surface area contributed by atoms with Gasteiger partial charge in [0.25, 0.3) is 0 Å². The Morgan fingerprint density at radius 1 is 1.00 bits per heavy atom. The minimum atomic E-state index is -0.0714. The van der Waals surface area contributed by atoms with Gasteiger partial charge in [0.15, 0.2) is 0 Å². The maximum Gasteiger partial charge on any atom is 0.0888 e. The second-order valence-corrected chi connectivity index (χ2v) is 7.28. The van der Waals surface area contributed by atoms with E-state index in [1.54, 1.807) is 0 Å². The molecule has 3 rings (SSSR count). The predicted molar refractivity (Wildman–Crippen MR) is 105 cm³/mol. The molecule has 4 heteroatoms. The highest BCUT2D eigenvalue weighted by molar-refractivity contribution is 5.14. The molecule has 2 aromatic carbocycles. The maximum atomic E-state index is 9.56. The van der Waals surface area contributed by atoms with E-state index in [-0.39, 0.29) is 30.8 Å². The number of aliphatic hydroxyl groups excluding tert-OH is 1. The van der Waals surface area contributed by atoms with Crippen LogP contribution in [0.3, 0.4) is 0 Å². The molecule has 0 aromatic heterocycles. The van der Waals surface area contributed by atoms with E-state index < -0.39 is 0 Å². The highest BCUT2D eigenvalue weighted by atomic mass is 16.6. The van der Waals surface area contributed by atoms with Crippen molar-refractivity contribution in [3.05, 3.63) is 71.8 Å². The highest BCUT2D eigenvalue weighted by Crippen LogP contribution is 2.30. The molecule has 0 aliphatic carbocycles. The van der Waals surface area contributed by atoms with Crippen molar-refractivity contribution in [2.45, 2.75) is 51.3 Å². The molecule has 0 spiro atoms. The quantitative estimate of drug-likeness (QED) is 0.643. The number of rotatable bonds is 10. The summed E-state index contributed by atoms with van der Waals surface area (Å²) in [4.78, 5) is 0. The number of ether oxygens (including phenoxy) is 3. The topological polar surface area (TPSA) is 47.9 Å². The minimum Gasteiger partial charge on any atom is -0.396 e. The molecule has 4 atom stereocenters. The smallest absolute Gasteiger partial charge is 0.0888 e. The first-order chi connectivity index (χ1) is 13.3. The fourth-order valence-corrected chi connectivity index (χ4v) is 3.47. The van der Waals surface area contributed by atoms with Crippen LogP contribution in [-0.2, 0) is 27.4 Å². The number of aliphatic hydroxyl groups is 1. The van der Waals surface area contributed by atoms with E-state index >= 15 is 0 Å². The summed E-state index contributed by atoms with van der Waals surface area (Å²) in [7, 11) is 0. The standard InChI is InChI=1S/C23H30O4/c1-18(15-24)23-22(26-17-20-10-6-3-7-11-20)14-21(27-23)12-13-25-16-19-8-4-2-5-9-19/h2-11,18,21-24H,12-17H2,1H3/t18-,21-,22-,23+/m0/s1. The van der Waals surface area contributed by atoms with E-state index in [9.17, 15) is 5.11 Å². The first-order valence-electron chi connectivity index (χ1n) is 9.79. The molecule has 1 N–H and O–H groups in total. The van der Waals surface area contributed by atoms with E-state index in [1.165, 1.54) is 5.56 Å². The van der Waals surface area contributed by atoms with Gasteiger partial charge in [-0.25, -0.2) is 0 Å². The van der Waals surface area contributed by atoms with Crippen molar-refractivity contribution >= 4 is 0 Å². The van der Waals surface area contributed by atoms with Crippen LogP contribution < -0.4 is 0 Å². The van der Waals surface area contributed by atoms with E-state index in [4.69, 9.17) is 14.2 Å². The Morgan fingerprint density at radius 2 is 1.63 bits per heavy atom. The summed E-state index contributed by atoms with van der Waals surface area (Å²) in [6.45, 7) is 3.97. The molecular formula is C23H30O4. The van der Waals surface area contributed by atoms with Crippen LogP contribution in [0.2, 0.25) is 0 Å². The third-order valence-corrected chi connectivity index (χ3v) is 5.06. The molecule has 0 saturated carbocycles. The number of hydrogen-bond acceptors (Lipinski definition) is 4. The van der Waals surface area contributed by atoms with Gasteiger partial charge in [0.1, 0.15) is 0 Å². The van der Waals surface area contributed by atoms with E-state index in [1.807, 2.05) is 43.3 Å². The van der Waals surface area contributed by atoms with Crippen LogP contribution in [0.15, 0.2) is 60.7 Å². The summed E-state index contributed by atoms with van der Waals surface area (Å²) in [5.74, 6) is 0.0565. The van der Waals surface area contributed by atoms with Crippen LogP contribution in [-0.4, -0.2) is 36.6 Å². The maximum absolute atomic E-state index is 9.56. The molecule has 146 valence electrons. The summed E-state index contributed by atoms with van der Waals surface area (Å²) in [6.07, 6.45) is 1.73. The molecule has 0 amide bonds. The van der Waals surface area contributed by atoms with Crippen LogP contribution in [0.4, 0.5) is 0 Å². The Bertz CT molecular complexity index is 646. The molecule has 0 bridgehead atoms. The summed E-state index contributed by atoms with van der Waals surface area (Å²) < 4.78 is 18.2. The van der Waals surface area contributed by atoms with Crippen molar-refractivity contribution in [3.63, 3.8) is 0 Å². The zero-order valence-corrected chi connectivity index (χ0v) is 16.0. The Kier molecular flexibility index (Phi) is 7.84. The lowest BCUT2D eigenvalue weighted by atomic mass is 9.99. The van der Waals surface area contributed by atoms with Crippen LogP contribution in [0, 0.1) is 5.92 Å². The summed E-state index contributed by atoms with van der Waals surface area (Å²) in [5, 5.41) is 9.56. The van der Waals surface area contributed by atoms with Crippen LogP contribution in [0.5, 0.6) is 0 Å². The van der Waals surface area contributed by atoms with Gasteiger partial charge in [-0.05, 0) is 17.5 Å². The minimum absolute atomic E-state index is 0.00600. The van der Waals surface area contributed by atoms with Crippen LogP contribution in [0.1, 0.15) is 30.9 Å². The Labute approximate surface area is 162 Å². The monoisotopic (exact) mass is 370 g/mol. The fourth-order valence-electron chi connectivity index (χ4n) is 3.47. The van der Waals surface area contributed by atoms with Crippen molar-refractivity contribution in [3.8, 4) is 0 Å². The van der Waals surface area contributed by atoms with Gasteiger partial charge in [-0.3, -0.25) is 0 Å².